The van der Waals surface area contributed by atoms with Crippen molar-refractivity contribution < 1.29 is 13.5 Å². The molecule has 1 aliphatic rings. The van der Waals surface area contributed by atoms with Crippen LogP contribution >= 0.6 is 0 Å². The molecule has 0 saturated heterocycles. The molecule has 1 aromatic rings. The third kappa shape index (κ3) is 3.01. The van der Waals surface area contributed by atoms with Crippen LogP contribution in [0, 0.1) is 12.8 Å². The molecule has 0 aliphatic heterocycles. The van der Waals surface area contributed by atoms with Crippen molar-refractivity contribution in [2.24, 2.45) is 5.92 Å². The fourth-order valence-electron chi connectivity index (χ4n) is 2.30. The molecule has 100 valence electrons. The molecule has 0 aromatic heterocycles. The van der Waals surface area contributed by atoms with Gasteiger partial charge in [0.25, 0.3) is 0 Å². The zero-order valence-corrected chi connectivity index (χ0v) is 11.2. The van der Waals surface area contributed by atoms with Gasteiger partial charge in [-0.1, -0.05) is 26.0 Å². The minimum absolute atomic E-state index is 0.00387. The van der Waals surface area contributed by atoms with Crippen molar-refractivity contribution in [1.29, 1.82) is 0 Å². The van der Waals surface area contributed by atoms with E-state index < -0.39 is 5.92 Å². The van der Waals surface area contributed by atoms with Crippen LogP contribution in [-0.4, -0.2) is 12.5 Å². The summed E-state index contributed by atoms with van der Waals surface area (Å²) in [6.07, 6.45) is -0.0632. The lowest BCUT2D eigenvalue weighted by Gasteiger charge is -2.34. The second-order valence-electron chi connectivity index (χ2n) is 5.62. The molecule has 0 amide bonds. The maximum atomic E-state index is 12.7. The average molecular weight is 254 g/mol. The number of aryl methyl sites for hydroxylation is 1. The summed E-state index contributed by atoms with van der Waals surface area (Å²) in [6, 6.07) is 6.10. The molecule has 0 radical (unpaired) electrons. The van der Waals surface area contributed by atoms with Crippen LogP contribution in [0.25, 0.3) is 0 Å². The predicted molar refractivity (Wildman–Crippen MR) is 68.4 cm³/mol. The Balaban J connectivity index is 1.90. The second kappa shape index (κ2) is 4.87. The van der Waals surface area contributed by atoms with Crippen molar-refractivity contribution in [1.82, 2.24) is 0 Å². The first-order valence-electron chi connectivity index (χ1n) is 6.48. The van der Waals surface area contributed by atoms with E-state index in [4.69, 9.17) is 4.74 Å². The minimum atomic E-state index is -2.45. The van der Waals surface area contributed by atoms with E-state index in [2.05, 4.69) is 19.9 Å². The molecule has 3 heteroatoms. The van der Waals surface area contributed by atoms with Crippen molar-refractivity contribution in [3.8, 4) is 5.75 Å². The Hall–Kier alpha value is -1.12. The fourth-order valence-corrected chi connectivity index (χ4v) is 2.30. The maximum absolute atomic E-state index is 12.7. The van der Waals surface area contributed by atoms with Crippen molar-refractivity contribution in [2.45, 2.75) is 45.5 Å². The molecule has 2 rings (SSSR count). The van der Waals surface area contributed by atoms with Crippen molar-refractivity contribution >= 4 is 0 Å². The Morgan fingerprint density at radius 3 is 2.50 bits per heavy atom. The lowest BCUT2D eigenvalue weighted by atomic mass is 9.82. The Labute approximate surface area is 107 Å². The monoisotopic (exact) mass is 254 g/mol. The van der Waals surface area contributed by atoms with Gasteiger partial charge in [-0.3, -0.25) is 0 Å². The van der Waals surface area contributed by atoms with Gasteiger partial charge in [0.15, 0.2) is 0 Å². The van der Waals surface area contributed by atoms with Gasteiger partial charge < -0.3 is 4.74 Å². The molecule has 0 spiro atoms. The van der Waals surface area contributed by atoms with E-state index in [0.717, 1.165) is 11.3 Å². The van der Waals surface area contributed by atoms with Gasteiger partial charge in [-0.15, -0.1) is 0 Å². The fraction of sp³-hybridized carbons (Fsp3) is 0.600. The lowest BCUT2D eigenvalue weighted by Crippen LogP contribution is -2.38. The van der Waals surface area contributed by atoms with Crippen LogP contribution in [0.2, 0.25) is 0 Å². The molecule has 0 atom stereocenters. The van der Waals surface area contributed by atoms with E-state index in [0.29, 0.717) is 12.5 Å². The van der Waals surface area contributed by atoms with E-state index >= 15 is 0 Å². The quantitative estimate of drug-likeness (QED) is 0.766. The molecule has 1 aromatic carbocycles. The third-order valence-corrected chi connectivity index (χ3v) is 3.51. The Morgan fingerprint density at radius 1 is 1.33 bits per heavy atom. The zero-order valence-electron chi connectivity index (χ0n) is 11.2. The Kier molecular flexibility index (Phi) is 3.60. The predicted octanol–water partition coefficient (Wildman–Crippen LogP) is 4.54. The normalized spacial score (nSPS) is 18.8. The number of benzene rings is 1. The highest BCUT2D eigenvalue weighted by Gasteiger charge is 2.45. The largest absolute Gasteiger partial charge is 0.493 e. The van der Waals surface area contributed by atoms with Crippen LogP contribution in [-0.2, 0) is 0 Å². The van der Waals surface area contributed by atoms with E-state index in [9.17, 15) is 8.78 Å². The zero-order chi connectivity index (χ0) is 13.3. The van der Waals surface area contributed by atoms with E-state index in [1.165, 1.54) is 5.56 Å². The molecule has 0 bridgehead atoms. The number of alkyl halides is 2. The summed E-state index contributed by atoms with van der Waals surface area (Å²) in [4.78, 5) is 0. The average Bonchev–Trinajstić information content (AvgIpc) is 2.24. The van der Waals surface area contributed by atoms with Crippen molar-refractivity contribution in [3.05, 3.63) is 29.3 Å². The topological polar surface area (TPSA) is 9.23 Å². The van der Waals surface area contributed by atoms with Crippen LogP contribution < -0.4 is 4.74 Å². The SMILES string of the molecule is Cc1cc(C(C)C)ccc1OCC1CC(F)(F)C1. The van der Waals surface area contributed by atoms with Crippen molar-refractivity contribution in [3.63, 3.8) is 0 Å². The van der Waals surface area contributed by atoms with Crippen LogP contribution in [0.1, 0.15) is 43.7 Å². The van der Waals surface area contributed by atoms with Gasteiger partial charge in [0.2, 0.25) is 5.92 Å². The smallest absolute Gasteiger partial charge is 0.248 e. The van der Waals surface area contributed by atoms with E-state index in [1.807, 2.05) is 19.1 Å². The number of hydrogen-bond donors (Lipinski definition) is 0. The molecule has 1 aliphatic carbocycles. The molecular formula is C15H20F2O. The van der Waals surface area contributed by atoms with E-state index in [1.54, 1.807) is 0 Å². The van der Waals surface area contributed by atoms with Gasteiger partial charge >= 0.3 is 0 Å². The molecule has 1 nitrogen and oxygen atoms in total. The standard InChI is InChI=1S/C15H20F2O/c1-10(2)13-4-5-14(11(3)6-13)18-9-12-7-15(16,17)8-12/h4-6,10,12H,7-9H2,1-3H3. The molecule has 0 heterocycles. The number of ether oxygens (including phenoxy) is 1. The molecule has 18 heavy (non-hydrogen) atoms. The Morgan fingerprint density at radius 2 is 2.00 bits per heavy atom. The molecular weight excluding hydrogens is 234 g/mol. The summed E-state index contributed by atoms with van der Waals surface area (Å²) < 4.78 is 31.0. The highest BCUT2D eigenvalue weighted by Crippen LogP contribution is 2.42. The van der Waals surface area contributed by atoms with Crippen LogP contribution in [0.4, 0.5) is 8.78 Å². The number of halogens is 2. The second-order valence-corrected chi connectivity index (χ2v) is 5.62. The van der Waals surface area contributed by atoms with Crippen LogP contribution in [0.3, 0.4) is 0 Å². The maximum Gasteiger partial charge on any atom is 0.248 e. The summed E-state index contributed by atoms with van der Waals surface area (Å²) in [5.41, 5.74) is 2.35. The van der Waals surface area contributed by atoms with E-state index in [-0.39, 0.29) is 18.8 Å². The number of hydrogen-bond acceptors (Lipinski definition) is 1. The van der Waals surface area contributed by atoms with Gasteiger partial charge in [-0.2, -0.15) is 0 Å². The molecule has 0 unspecified atom stereocenters. The van der Waals surface area contributed by atoms with Crippen LogP contribution in [0.15, 0.2) is 18.2 Å². The summed E-state index contributed by atoms with van der Waals surface area (Å²) in [6.45, 7) is 6.69. The summed E-state index contributed by atoms with van der Waals surface area (Å²) in [5.74, 6) is -1.15. The highest BCUT2D eigenvalue weighted by atomic mass is 19.3. The summed E-state index contributed by atoms with van der Waals surface area (Å²) in [5, 5.41) is 0. The molecule has 0 N–H and O–H groups in total. The lowest BCUT2D eigenvalue weighted by molar-refractivity contribution is -0.119. The third-order valence-electron chi connectivity index (χ3n) is 3.51. The first-order chi connectivity index (χ1) is 8.37. The highest BCUT2D eigenvalue weighted by molar-refractivity contribution is 5.37. The molecule has 1 saturated carbocycles. The summed E-state index contributed by atoms with van der Waals surface area (Å²) >= 11 is 0. The van der Waals surface area contributed by atoms with Gasteiger partial charge in [0, 0.05) is 18.8 Å². The number of rotatable bonds is 4. The van der Waals surface area contributed by atoms with Gasteiger partial charge in [-0.05, 0) is 30.0 Å². The van der Waals surface area contributed by atoms with Gasteiger partial charge in [0.1, 0.15) is 5.75 Å². The molecule has 1 fully saturated rings. The van der Waals surface area contributed by atoms with Gasteiger partial charge in [-0.25, -0.2) is 8.78 Å². The first-order valence-corrected chi connectivity index (χ1v) is 6.48. The minimum Gasteiger partial charge on any atom is -0.493 e. The summed E-state index contributed by atoms with van der Waals surface area (Å²) in [7, 11) is 0. The Bertz CT molecular complexity index is 419. The van der Waals surface area contributed by atoms with Gasteiger partial charge in [0.05, 0.1) is 6.61 Å². The van der Waals surface area contributed by atoms with Crippen LogP contribution in [0.5, 0.6) is 5.75 Å². The first kappa shape index (κ1) is 13.3. The van der Waals surface area contributed by atoms with Crippen molar-refractivity contribution in [2.75, 3.05) is 6.61 Å².